The molecule has 7 nitrogen and oxygen atoms in total. The van der Waals surface area contributed by atoms with Crippen LogP contribution in [0.5, 0.6) is 0 Å². The summed E-state index contributed by atoms with van der Waals surface area (Å²) in [7, 11) is 1.78. The number of aromatic nitrogens is 3. The lowest BCUT2D eigenvalue weighted by molar-refractivity contribution is -0.129. The monoisotopic (exact) mass is 301 g/mol. The fourth-order valence-corrected chi connectivity index (χ4v) is 2.70. The lowest BCUT2D eigenvalue weighted by Gasteiger charge is -2.15. The van der Waals surface area contributed by atoms with Crippen molar-refractivity contribution in [2.24, 2.45) is 7.05 Å². The molecule has 1 aliphatic heterocycles. The first-order valence-corrected chi connectivity index (χ1v) is 7.38. The highest BCUT2D eigenvalue weighted by molar-refractivity contribution is 5.98. The van der Waals surface area contributed by atoms with Gasteiger partial charge in [-0.05, 0) is 25.0 Å². The molecule has 0 spiro atoms. The van der Waals surface area contributed by atoms with Crippen molar-refractivity contribution in [3.05, 3.63) is 36.3 Å². The van der Waals surface area contributed by atoms with Crippen molar-refractivity contribution >= 4 is 11.8 Å². The maximum Gasteiger partial charge on any atom is 0.257 e. The molecule has 2 amide bonds. The van der Waals surface area contributed by atoms with E-state index in [9.17, 15) is 9.59 Å². The van der Waals surface area contributed by atoms with Gasteiger partial charge in [-0.3, -0.25) is 14.3 Å². The minimum atomic E-state index is -0.288. The van der Waals surface area contributed by atoms with Crippen molar-refractivity contribution in [2.75, 3.05) is 19.6 Å². The molecule has 0 unspecified atom stereocenters. The maximum absolute atomic E-state index is 12.3. The van der Waals surface area contributed by atoms with Crippen LogP contribution in [0.25, 0.3) is 5.82 Å². The Morgan fingerprint density at radius 3 is 2.59 bits per heavy atom. The van der Waals surface area contributed by atoms with Gasteiger partial charge < -0.3 is 14.8 Å². The molecule has 1 saturated heterocycles. The first kappa shape index (κ1) is 14.4. The lowest BCUT2D eigenvalue weighted by Crippen LogP contribution is -2.38. The fraction of sp³-hybridized carbons (Fsp3) is 0.400. The number of hydrogen-bond donors (Lipinski definition) is 1. The average Bonchev–Trinajstić information content (AvgIpc) is 3.24. The van der Waals surface area contributed by atoms with Gasteiger partial charge in [-0.2, -0.15) is 5.10 Å². The Morgan fingerprint density at radius 1 is 1.23 bits per heavy atom. The molecule has 1 aliphatic rings. The second-order valence-electron chi connectivity index (χ2n) is 5.37. The Morgan fingerprint density at radius 2 is 1.91 bits per heavy atom. The summed E-state index contributed by atoms with van der Waals surface area (Å²) in [6.07, 6.45) is 7.30. The van der Waals surface area contributed by atoms with Crippen LogP contribution in [0.3, 0.4) is 0 Å². The van der Waals surface area contributed by atoms with Crippen molar-refractivity contribution in [1.82, 2.24) is 24.6 Å². The fourth-order valence-electron chi connectivity index (χ4n) is 2.70. The molecule has 7 heteroatoms. The third-order valence-electron chi connectivity index (χ3n) is 3.86. The summed E-state index contributed by atoms with van der Waals surface area (Å²) in [5.41, 5.74) is 0.452. The van der Waals surface area contributed by atoms with Gasteiger partial charge in [-0.25, -0.2) is 0 Å². The molecule has 3 heterocycles. The molecule has 1 fully saturated rings. The highest BCUT2D eigenvalue weighted by Gasteiger charge is 2.21. The number of nitrogens with one attached hydrogen (secondary N) is 1. The highest BCUT2D eigenvalue weighted by Crippen LogP contribution is 2.14. The molecule has 0 atom stereocenters. The quantitative estimate of drug-likeness (QED) is 0.897. The van der Waals surface area contributed by atoms with Crippen LogP contribution < -0.4 is 5.32 Å². The summed E-state index contributed by atoms with van der Waals surface area (Å²) < 4.78 is 3.46. The molecule has 0 saturated carbocycles. The van der Waals surface area contributed by atoms with Crippen LogP contribution in [-0.2, 0) is 11.8 Å². The molecule has 0 radical (unpaired) electrons. The Labute approximate surface area is 128 Å². The topological polar surface area (TPSA) is 72.2 Å². The maximum atomic E-state index is 12.3. The molecule has 3 rings (SSSR count). The number of rotatable bonds is 4. The molecule has 0 bridgehead atoms. The number of carbonyl (C=O) groups is 2. The standard InChI is InChI=1S/C15H19N5O2/c1-18-15(20-8-4-5-9-20)12(10-17-18)14(22)16-11-13(21)19-6-2-3-7-19/h4-5,8-10H,2-3,6-7,11H2,1H3,(H,16,22). The molecule has 1 N–H and O–H groups in total. The molecular formula is C15H19N5O2. The first-order valence-electron chi connectivity index (χ1n) is 7.38. The molecular weight excluding hydrogens is 282 g/mol. The van der Waals surface area contributed by atoms with Crippen LogP contribution in [0, 0.1) is 0 Å². The number of carbonyl (C=O) groups excluding carboxylic acids is 2. The molecule has 2 aromatic heterocycles. The zero-order chi connectivity index (χ0) is 15.5. The van der Waals surface area contributed by atoms with Gasteiger partial charge in [-0.1, -0.05) is 0 Å². The summed E-state index contributed by atoms with van der Waals surface area (Å²) >= 11 is 0. The number of likely N-dealkylation sites (tertiary alicyclic amines) is 1. The van der Waals surface area contributed by atoms with E-state index in [2.05, 4.69) is 10.4 Å². The summed E-state index contributed by atoms with van der Waals surface area (Å²) in [5.74, 6) is 0.359. The van der Waals surface area contributed by atoms with Gasteiger partial charge in [0.1, 0.15) is 11.4 Å². The number of hydrogen-bond acceptors (Lipinski definition) is 3. The van der Waals surface area contributed by atoms with Gasteiger partial charge in [0.05, 0.1) is 12.7 Å². The van der Waals surface area contributed by atoms with Gasteiger partial charge in [0.15, 0.2) is 0 Å². The summed E-state index contributed by atoms with van der Waals surface area (Å²) in [6.45, 7) is 1.60. The molecule has 22 heavy (non-hydrogen) atoms. The van der Waals surface area contributed by atoms with E-state index in [1.165, 1.54) is 6.20 Å². The Kier molecular flexibility index (Phi) is 3.95. The van der Waals surface area contributed by atoms with E-state index in [0.717, 1.165) is 25.9 Å². The van der Waals surface area contributed by atoms with Gasteiger partial charge in [0, 0.05) is 32.5 Å². The SMILES string of the molecule is Cn1ncc(C(=O)NCC(=O)N2CCCC2)c1-n1cccc1. The lowest BCUT2D eigenvalue weighted by atomic mass is 10.3. The van der Waals surface area contributed by atoms with Crippen molar-refractivity contribution in [1.29, 1.82) is 0 Å². The normalized spacial score (nSPS) is 14.3. The van der Waals surface area contributed by atoms with Crippen LogP contribution in [0.15, 0.2) is 30.7 Å². The third-order valence-corrected chi connectivity index (χ3v) is 3.86. The van der Waals surface area contributed by atoms with Crippen molar-refractivity contribution in [3.8, 4) is 5.82 Å². The van der Waals surface area contributed by atoms with E-state index in [1.54, 1.807) is 16.6 Å². The number of amides is 2. The Bertz CT molecular complexity index is 668. The Balaban J connectivity index is 1.69. The summed E-state index contributed by atoms with van der Waals surface area (Å²) in [6, 6.07) is 3.76. The van der Waals surface area contributed by atoms with Crippen molar-refractivity contribution in [2.45, 2.75) is 12.8 Å². The minimum absolute atomic E-state index is 0.0266. The molecule has 0 aromatic carbocycles. The van der Waals surface area contributed by atoms with Crippen LogP contribution >= 0.6 is 0 Å². The van der Waals surface area contributed by atoms with Gasteiger partial charge in [0.25, 0.3) is 5.91 Å². The van der Waals surface area contributed by atoms with E-state index >= 15 is 0 Å². The summed E-state index contributed by atoms with van der Waals surface area (Å²) in [5, 5.41) is 6.83. The summed E-state index contributed by atoms with van der Waals surface area (Å²) in [4.78, 5) is 26.1. The highest BCUT2D eigenvalue weighted by atomic mass is 16.2. The second kappa shape index (κ2) is 6.05. The average molecular weight is 301 g/mol. The van der Waals surface area contributed by atoms with Crippen LogP contribution in [0.4, 0.5) is 0 Å². The van der Waals surface area contributed by atoms with Crippen LogP contribution in [0.2, 0.25) is 0 Å². The van der Waals surface area contributed by atoms with Crippen molar-refractivity contribution < 1.29 is 9.59 Å². The Hall–Kier alpha value is -2.57. The van der Waals surface area contributed by atoms with Crippen LogP contribution in [0.1, 0.15) is 23.2 Å². The van der Waals surface area contributed by atoms with Gasteiger partial charge in [0.2, 0.25) is 5.91 Å². The molecule has 0 aliphatic carbocycles. The van der Waals surface area contributed by atoms with E-state index in [1.807, 2.05) is 29.1 Å². The predicted molar refractivity (Wildman–Crippen MR) is 80.7 cm³/mol. The molecule has 2 aromatic rings. The van der Waals surface area contributed by atoms with Crippen LogP contribution in [-0.4, -0.2) is 50.7 Å². The third kappa shape index (κ3) is 2.74. The van der Waals surface area contributed by atoms with E-state index in [4.69, 9.17) is 0 Å². The van der Waals surface area contributed by atoms with Crippen molar-refractivity contribution in [3.63, 3.8) is 0 Å². The second-order valence-corrected chi connectivity index (χ2v) is 5.37. The zero-order valence-electron chi connectivity index (χ0n) is 12.5. The largest absolute Gasteiger partial charge is 0.343 e. The zero-order valence-corrected chi connectivity index (χ0v) is 12.5. The number of aryl methyl sites for hydroxylation is 1. The first-order chi connectivity index (χ1) is 10.7. The van der Waals surface area contributed by atoms with Gasteiger partial charge >= 0.3 is 0 Å². The van der Waals surface area contributed by atoms with E-state index in [-0.39, 0.29) is 18.4 Å². The number of nitrogens with zero attached hydrogens (tertiary/aromatic N) is 4. The predicted octanol–water partition coefficient (Wildman–Crippen LogP) is 0.563. The van der Waals surface area contributed by atoms with E-state index in [0.29, 0.717) is 11.4 Å². The smallest absolute Gasteiger partial charge is 0.257 e. The molecule has 116 valence electrons. The van der Waals surface area contributed by atoms with E-state index < -0.39 is 0 Å². The van der Waals surface area contributed by atoms with Gasteiger partial charge in [-0.15, -0.1) is 0 Å². The minimum Gasteiger partial charge on any atom is -0.343 e.